The molecule has 2 heterocycles. The number of hydrogen-bond donors (Lipinski definition) is 0. The lowest BCUT2D eigenvalue weighted by molar-refractivity contribution is -0.143. The summed E-state index contributed by atoms with van der Waals surface area (Å²) in [5, 5.41) is 0. The van der Waals surface area contributed by atoms with Gasteiger partial charge in [-0.15, -0.1) is 0 Å². The minimum atomic E-state index is -0.777. The largest absolute Gasteiger partial charge is 0.454 e. The first-order valence-corrected chi connectivity index (χ1v) is 9.57. The molecule has 0 aromatic heterocycles. The van der Waals surface area contributed by atoms with Gasteiger partial charge >= 0.3 is 0 Å². The molecule has 0 unspecified atom stereocenters. The topological polar surface area (TPSA) is 76.2 Å². The summed E-state index contributed by atoms with van der Waals surface area (Å²) in [6.07, 6.45) is 0.602. The first-order chi connectivity index (χ1) is 14.0. The maximum absolute atomic E-state index is 12.9. The summed E-state index contributed by atoms with van der Waals surface area (Å²) in [5.41, 5.74) is 1.87. The normalized spacial score (nSPS) is 17.7. The molecule has 0 radical (unpaired) electrons. The van der Waals surface area contributed by atoms with Crippen LogP contribution < -0.4 is 9.47 Å². The molecule has 29 heavy (non-hydrogen) atoms. The number of ether oxygens (including phenoxy) is 2. The van der Waals surface area contributed by atoms with Gasteiger partial charge < -0.3 is 14.4 Å². The number of fused-ring (bicyclic) bond motifs is 1. The number of benzene rings is 2. The van der Waals surface area contributed by atoms with Crippen molar-refractivity contribution < 1.29 is 23.9 Å². The van der Waals surface area contributed by atoms with Crippen LogP contribution in [0.5, 0.6) is 11.5 Å². The van der Waals surface area contributed by atoms with Gasteiger partial charge in [-0.25, -0.2) is 0 Å². The Kier molecular flexibility index (Phi) is 5.20. The van der Waals surface area contributed by atoms with Crippen molar-refractivity contribution in [3.05, 3.63) is 59.7 Å². The Labute approximate surface area is 168 Å². The van der Waals surface area contributed by atoms with Crippen molar-refractivity contribution in [2.24, 2.45) is 0 Å². The molecule has 0 bridgehead atoms. The van der Waals surface area contributed by atoms with Crippen LogP contribution >= 0.6 is 0 Å². The van der Waals surface area contributed by atoms with E-state index in [0.717, 1.165) is 11.1 Å². The van der Waals surface area contributed by atoms with Crippen LogP contribution in [0.25, 0.3) is 0 Å². The highest BCUT2D eigenvalue weighted by molar-refractivity contribution is 6.06. The zero-order valence-electron chi connectivity index (χ0n) is 16.2. The van der Waals surface area contributed by atoms with E-state index in [0.29, 0.717) is 24.5 Å². The van der Waals surface area contributed by atoms with Crippen molar-refractivity contribution >= 4 is 17.7 Å². The Bertz CT molecular complexity index is 943. The number of nitrogens with zero attached hydrogens (tertiary/aromatic N) is 2. The van der Waals surface area contributed by atoms with Gasteiger partial charge in [-0.3, -0.25) is 19.3 Å². The summed E-state index contributed by atoms with van der Waals surface area (Å²) in [7, 11) is 0. The van der Waals surface area contributed by atoms with Gasteiger partial charge in [0.05, 0.1) is 6.42 Å². The molecule has 1 fully saturated rings. The van der Waals surface area contributed by atoms with Crippen LogP contribution in [0.2, 0.25) is 0 Å². The molecule has 3 amide bonds. The smallest absolute Gasteiger partial charge is 0.252 e. The Morgan fingerprint density at radius 3 is 2.59 bits per heavy atom. The standard InChI is InChI=1S/C22H22N2O5/c1-15(25)24(13-17-7-8-19-20(11-17)29-14-28-19)18-12-21(26)23(22(18)27)10-9-16-5-3-2-4-6-16/h2-8,11,18H,9-10,12-14H2,1H3/t18-/m1/s1. The van der Waals surface area contributed by atoms with Crippen molar-refractivity contribution in [2.75, 3.05) is 13.3 Å². The maximum atomic E-state index is 12.9. The van der Waals surface area contributed by atoms with Gasteiger partial charge in [0.15, 0.2) is 11.5 Å². The van der Waals surface area contributed by atoms with E-state index in [1.807, 2.05) is 36.4 Å². The minimum Gasteiger partial charge on any atom is -0.454 e. The Hall–Kier alpha value is -3.35. The highest BCUT2D eigenvalue weighted by atomic mass is 16.7. The summed E-state index contributed by atoms with van der Waals surface area (Å²) in [4.78, 5) is 40.4. The summed E-state index contributed by atoms with van der Waals surface area (Å²) < 4.78 is 10.7. The van der Waals surface area contributed by atoms with Crippen LogP contribution in [0, 0.1) is 0 Å². The van der Waals surface area contributed by atoms with Gasteiger partial charge in [0.25, 0.3) is 5.91 Å². The zero-order chi connectivity index (χ0) is 20.4. The van der Waals surface area contributed by atoms with Crippen molar-refractivity contribution in [1.29, 1.82) is 0 Å². The molecule has 0 aliphatic carbocycles. The SMILES string of the molecule is CC(=O)N(Cc1ccc2c(c1)OCO2)[C@@H]1CC(=O)N(CCc2ccccc2)C1=O. The molecule has 2 aliphatic heterocycles. The molecular weight excluding hydrogens is 372 g/mol. The zero-order valence-corrected chi connectivity index (χ0v) is 16.2. The van der Waals surface area contributed by atoms with Gasteiger partial charge in [-0.2, -0.15) is 0 Å². The van der Waals surface area contributed by atoms with Gasteiger partial charge in [0.2, 0.25) is 18.6 Å². The van der Waals surface area contributed by atoms with E-state index < -0.39 is 6.04 Å². The van der Waals surface area contributed by atoms with Crippen LogP contribution in [0.3, 0.4) is 0 Å². The number of likely N-dealkylation sites (tertiary alicyclic amines) is 1. The predicted molar refractivity (Wildman–Crippen MR) is 104 cm³/mol. The van der Waals surface area contributed by atoms with E-state index in [2.05, 4.69) is 0 Å². The van der Waals surface area contributed by atoms with Crippen molar-refractivity contribution in [2.45, 2.75) is 32.4 Å². The number of carbonyl (C=O) groups is 3. The third-order valence-corrected chi connectivity index (χ3v) is 5.26. The van der Waals surface area contributed by atoms with Crippen LogP contribution in [0.4, 0.5) is 0 Å². The quantitative estimate of drug-likeness (QED) is 0.702. The molecule has 0 saturated carbocycles. The minimum absolute atomic E-state index is 0.0117. The van der Waals surface area contributed by atoms with Gasteiger partial charge in [-0.1, -0.05) is 36.4 Å². The molecule has 2 aliphatic rings. The Morgan fingerprint density at radius 1 is 1.07 bits per heavy atom. The third-order valence-electron chi connectivity index (χ3n) is 5.26. The fraction of sp³-hybridized carbons (Fsp3) is 0.318. The maximum Gasteiger partial charge on any atom is 0.252 e. The molecular formula is C22H22N2O5. The first-order valence-electron chi connectivity index (χ1n) is 9.57. The van der Waals surface area contributed by atoms with Gasteiger partial charge in [-0.05, 0) is 29.7 Å². The number of rotatable bonds is 6. The monoisotopic (exact) mass is 394 g/mol. The van der Waals surface area contributed by atoms with Crippen LogP contribution in [-0.2, 0) is 27.3 Å². The summed E-state index contributed by atoms with van der Waals surface area (Å²) in [6, 6.07) is 14.3. The summed E-state index contributed by atoms with van der Waals surface area (Å²) in [6.45, 7) is 2.12. The van der Waals surface area contributed by atoms with Gasteiger partial charge in [0, 0.05) is 20.0 Å². The van der Waals surface area contributed by atoms with Crippen molar-refractivity contribution in [3.8, 4) is 11.5 Å². The fourth-order valence-corrected chi connectivity index (χ4v) is 3.71. The molecule has 1 atom stereocenters. The van der Waals surface area contributed by atoms with E-state index >= 15 is 0 Å². The lowest BCUT2D eigenvalue weighted by Gasteiger charge is -2.26. The van der Waals surface area contributed by atoms with E-state index in [1.165, 1.54) is 16.7 Å². The number of amides is 3. The highest BCUT2D eigenvalue weighted by Crippen LogP contribution is 2.33. The average Bonchev–Trinajstić information content (AvgIpc) is 3.29. The third kappa shape index (κ3) is 3.94. The lowest BCUT2D eigenvalue weighted by atomic mass is 10.1. The number of hydrogen-bond acceptors (Lipinski definition) is 5. The molecule has 0 spiro atoms. The van der Waals surface area contributed by atoms with Crippen LogP contribution in [-0.4, -0.2) is 46.9 Å². The fourth-order valence-electron chi connectivity index (χ4n) is 3.71. The second kappa shape index (κ2) is 7.95. The van der Waals surface area contributed by atoms with Crippen molar-refractivity contribution in [3.63, 3.8) is 0 Å². The van der Waals surface area contributed by atoms with Crippen molar-refractivity contribution in [1.82, 2.24) is 9.80 Å². The average molecular weight is 394 g/mol. The molecule has 1 saturated heterocycles. The predicted octanol–water partition coefficient (Wildman–Crippen LogP) is 2.13. The molecule has 4 rings (SSSR count). The number of carbonyl (C=O) groups excluding carboxylic acids is 3. The summed E-state index contributed by atoms with van der Waals surface area (Å²) >= 11 is 0. The van der Waals surface area contributed by atoms with E-state index in [4.69, 9.17) is 9.47 Å². The molecule has 7 heteroatoms. The lowest BCUT2D eigenvalue weighted by Crippen LogP contribution is -2.44. The van der Waals surface area contributed by atoms with E-state index in [-0.39, 0.29) is 37.5 Å². The molecule has 2 aromatic carbocycles. The Balaban J connectivity index is 1.46. The second-order valence-electron chi connectivity index (χ2n) is 7.17. The summed E-state index contributed by atoms with van der Waals surface area (Å²) in [5.74, 6) is 0.458. The van der Waals surface area contributed by atoms with Crippen LogP contribution in [0.15, 0.2) is 48.5 Å². The molecule has 7 nitrogen and oxygen atoms in total. The van der Waals surface area contributed by atoms with Gasteiger partial charge in [0.1, 0.15) is 6.04 Å². The molecule has 150 valence electrons. The number of imide groups is 1. The van der Waals surface area contributed by atoms with Crippen LogP contribution in [0.1, 0.15) is 24.5 Å². The Morgan fingerprint density at radius 2 is 1.83 bits per heavy atom. The van der Waals surface area contributed by atoms with E-state index in [1.54, 1.807) is 12.1 Å². The van der Waals surface area contributed by atoms with E-state index in [9.17, 15) is 14.4 Å². The highest BCUT2D eigenvalue weighted by Gasteiger charge is 2.42. The molecule has 0 N–H and O–H groups in total. The molecule has 2 aromatic rings. The second-order valence-corrected chi connectivity index (χ2v) is 7.17. The first kappa shape index (κ1) is 19.0.